The first kappa shape index (κ1) is 13.1. The van der Waals surface area contributed by atoms with Crippen molar-refractivity contribution in [1.29, 1.82) is 0 Å². The number of amides is 1. The summed E-state index contributed by atoms with van der Waals surface area (Å²) in [4.78, 5) is 21.4. The molecule has 17 heavy (non-hydrogen) atoms. The fourth-order valence-corrected chi connectivity index (χ4v) is 1.07. The van der Waals surface area contributed by atoms with Gasteiger partial charge in [-0.05, 0) is 6.07 Å². The maximum absolute atomic E-state index is 13.1. The molecule has 0 aliphatic carbocycles. The van der Waals surface area contributed by atoms with Crippen LogP contribution in [-0.2, 0) is 4.79 Å². The molecule has 92 valence electrons. The summed E-state index contributed by atoms with van der Waals surface area (Å²) >= 11 is 0. The molecule has 0 aliphatic heterocycles. The number of hydrogen-bond acceptors (Lipinski definition) is 3. The van der Waals surface area contributed by atoms with Crippen LogP contribution < -0.4 is 5.32 Å². The third kappa shape index (κ3) is 3.51. The summed E-state index contributed by atoms with van der Waals surface area (Å²) in [7, 11) is 0. The zero-order chi connectivity index (χ0) is 13.2. The summed E-state index contributed by atoms with van der Waals surface area (Å²) in [6, 6.07) is 2.95. The molecule has 0 unspecified atom stereocenters. The highest BCUT2D eigenvalue weighted by Crippen LogP contribution is 2.22. The van der Waals surface area contributed by atoms with Gasteiger partial charge in [0, 0.05) is 11.5 Å². The fraction of sp³-hybridized carbons (Fsp3) is 0.364. The number of non-ortho nitro benzene ring substituents is 1. The lowest BCUT2D eigenvalue weighted by Gasteiger charge is -2.17. The van der Waals surface area contributed by atoms with Crippen molar-refractivity contribution in [3.63, 3.8) is 0 Å². The molecule has 0 aliphatic rings. The number of nitro benzene ring substituents is 1. The fourth-order valence-electron chi connectivity index (χ4n) is 1.07. The van der Waals surface area contributed by atoms with Crippen LogP contribution in [0.1, 0.15) is 20.8 Å². The number of nitro groups is 1. The van der Waals surface area contributed by atoms with Crippen LogP contribution in [0.3, 0.4) is 0 Å². The van der Waals surface area contributed by atoms with Gasteiger partial charge in [-0.1, -0.05) is 20.8 Å². The highest BCUT2D eigenvalue weighted by atomic mass is 19.1. The van der Waals surface area contributed by atoms with Gasteiger partial charge in [-0.15, -0.1) is 0 Å². The van der Waals surface area contributed by atoms with Crippen LogP contribution in [0, 0.1) is 21.3 Å². The van der Waals surface area contributed by atoms with E-state index >= 15 is 0 Å². The van der Waals surface area contributed by atoms with Crippen LogP contribution in [-0.4, -0.2) is 10.8 Å². The number of anilines is 1. The second-order valence-electron chi connectivity index (χ2n) is 4.66. The molecule has 1 N–H and O–H groups in total. The average molecular weight is 240 g/mol. The van der Waals surface area contributed by atoms with Crippen LogP contribution in [0.15, 0.2) is 18.2 Å². The number of nitrogens with zero attached hydrogens (tertiary/aromatic N) is 1. The number of carbonyl (C=O) groups excluding carboxylic acids is 1. The number of nitrogens with one attached hydrogen (secondary N) is 1. The van der Waals surface area contributed by atoms with E-state index < -0.39 is 21.8 Å². The maximum atomic E-state index is 13.1. The highest BCUT2D eigenvalue weighted by molar-refractivity contribution is 5.94. The first-order chi connectivity index (χ1) is 7.70. The van der Waals surface area contributed by atoms with Crippen LogP contribution in [0.4, 0.5) is 15.8 Å². The quantitative estimate of drug-likeness (QED) is 0.638. The molecule has 5 nitrogen and oxygen atoms in total. The molecule has 1 aromatic carbocycles. The normalized spacial score (nSPS) is 11.1. The Bertz CT molecular complexity index is 466. The van der Waals surface area contributed by atoms with E-state index in [-0.39, 0.29) is 11.6 Å². The molecular weight excluding hydrogens is 227 g/mol. The van der Waals surface area contributed by atoms with Crippen LogP contribution >= 0.6 is 0 Å². The minimum absolute atomic E-state index is 0.0802. The van der Waals surface area contributed by atoms with Crippen LogP contribution in [0.5, 0.6) is 0 Å². The van der Waals surface area contributed by atoms with E-state index in [0.29, 0.717) is 0 Å². The third-order valence-corrected chi connectivity index (χ3v) is 2.03. The van der Waals surface area contributed by atoms with Crippen molar-refractivity contribution < 1.29 is 14.1 Å². The number of carbonyl (C=O) groups is 1. The largest absolute Gasteiger partial charge is 0.325 e. The molecule has 1 amide bonds. The minimum atomic E-state index is -0.761. The van der Waals surface area contributed by atoms with Crippen LogP contribution in [0.2, 0.25) is 0 Å². The van der Waals surface area contributed by atoms with Crippen molar-refractivity contribution in [3.05, 3.63) is 34.1 Å². The predicted octanol–water partition coefficient (Wildman–Crippen LogP) is 2.72. The van der Waals surface area contributed by atoms with E-state index in [4.69, 9.17) is 0 Å². The van der Waals surface area contributed by atoms with E-state index in [1.165, 1.54) is 0 Å². The van der Waals surface area contributed by atoms with Gasteiger partial charge < -0.3 is 5.32 Å². The van der Waals surface area contributed by atoms with Crippen molar-refractivity contribution in [2.24, 2.45) is 5.41 Å². The summed E-state index contributed by atoms with van der Waals surface area (Å²) < 4.78 is 13.1. The molecule has 0 atom stereocenters. The standard InChI is InChI=1S/C11H13FN2O3/c1-11(2,3)10(15)13-8-4-7(12)5-9(6-8)14(16)17/h4-6H,1-3H3,(H,13,15). The van der Waals surface area contributed by atoms with E-state index in [9.17, 15) is 19.3 Å². The lowest BCUT2D eigenvalue weighted by atomic mass is 9.95. The topological polar surface area (TPSA) is 72.2 Å². The van der Waals surface area contributed by atoms with Crippen molar-refractivity contribution >= 4 is 17.3 Å². The smallest absolute Gasteiger partial charge is 0.274 e. The van der Waals surface area contributed by atoms with E-state index in [0.717, 1.165) is 18.2 Å². The predicted molar refractivity (Wildman–Crippen MR) is 61.1 cm³/mol. The van der Waals surface area contributed by atoms with Gasteiger partial charge in [-0.2, -0.15) is 0 Å². The Hall–Kier alpha value is -1.98. The molecule has 0 fully saturated rings. The molecular formula is C11H13FN2O3. The Kier molecular flexibility index (Phi) is 3.45. The first-order valence-electron chi connectivity index (χ1n) is 4.96. The van der Waals surface area contributed by atoms with Gasteiger partial charge in [-0.25, -0.2) is 4.39 Å². The zero-order valence-electron chi connectivity index (χ0n) is 9.78. The van der Waals surface area contributed by atoms with Gasteiger partial charge in [0.25, 0.3) is 5.69 Å². The Morgan fingerprint density at radius 3 is 2.41 bits per heavy atom. The van der Waals surface area contributed by atoms with Gasteiger partial charge in [0.2, 0.25) is 5.91 Å². The van der Waals surface area contributed by atoms with Crippen molar-refractivity contribution in [1.82, 2.24) is 0 Å². The molecule has 0 aromatic heterocycles. The molecule has 6 heteroatoms. The van der Waals surface area contributed by atoms with Gasteiger partial charge in [-0.3, -0.25) is 14.9 Å². The van der Waals surface area contributed by atoms with E-state index in [2.05, 4.69) is 5.32 Å². The summed E-state index contributed by atoms with van der Waals surface area (Å²) in [5.74, 6) is -1.10. The molecule has 0 saturated carbocycles. The minimum Gasteiger partial charge on any atom is -0.325 e. The maximum Gasteiger partial charge on any atom is 0.274 e. The van der Waals surface area contributed by atoms with Crippen molar-refractivity contribution in [2.45, 2.75) is 20.8 Å². The second-order valence-corrected chi connectivity index (χ2v) is 4.66. The monoisotopic (exact) mass is 240 g/mol. The summed E-state index contributed by atoms with van der Waals surface area (Å²) in [6.07, 6.45) is 0. The molecule has 0 radical (unpaired) electrons. The summed E-state index contributed by atoms with van der Waals surface area (Å²) in [5.41, 5.74) is -0.966. The highest BCUT2D eigenvalue weighted by Gasteiger charge is 2.22. The molecule has 0 saturated heterocycles. The molecule has 0 bridgehead atoms. The molecule has 0 spiro atoms. The number of benzene rings is 1. The number of hydrogen-bond donors (Lipinski definition) is 1. The Labute approximate surface area is 97.8 Å². The Morgan fingerprint density at radius 1 is 1.35 bits per heavy atom. The number of halogens is 1. The van der Waals surface area contributed by atoms with Gasteiger partial charge in [0.15, 0.2) is 0 Å². The first-order valence-corrected chi connectivity index (χ1v) is 4.96. The second kappa shape index (κ2) is 4.48. The lowest BCUT2D eigenvalue weighted by Crippen LogP contribution is -2.27. The number of rotatable bonds is 2. The average Bonchev–Trinajstić information content (AvgIpc) is 2.14. The van der Waals surface area contributed by atoms with Crippen molar-refractivity contribution in [2.75, 3.05) is 5.32 Å². The zero-order valence-corrected chi connectivity index (χ0v) is 9.78. The summed E-state index contributed by atoms with van der Waals surface area (Å²) in [5, 5.41) is 12.9. The Balaban J connectivity index is 3.00. The van der Waals surface area contributed by atoms with E-state index in [1.54, 1.807) is 20.8 Å². The summed E-state index contributed by atoms with van der Waals surface area (Å²) in [6.45, 7) is 5.07. The third-order valence-electron chi connectivity index (χ3n) is 2.03. The van der Waals surface area contributed by atoms with E-state index in [1.807, 2.05) is 0 Å². The Morgan fingerprint density at radius 2 is 1.94 bits per heavy atom. The lowest BCUT2D eigenvalue weighted by molar-refractivity contribution is -0.385. The molecule has 1 aromatic rings. The SMILES string of the molecule is CC(C)(C)C(=O)Nc1cc(F)cc([N+](=O)[O-])c1. The molecule has 1 rings (SSSR count). The van der Waals surface area contributed by atoms with Gasteiger partial charge in [0.1, 0.15) is 5.82 Å². The molecule has 0 heterocycles. The van der Waals surface area contributed by atoms with Gasteiger partial charge >= 0.3 is 0 Å². The van der Waals surface area contributed by atoms with Gasteiger partial charge in [0.05, 0.1) is 16.7 Å². The van der Waals surface area contributed by atoms with Crippen molar-refractivity contribution in [3.8, 4) is 0 Å². The van der Waals surface area contributed by atoms with Crippen LogP contribution in [0.25, 0.3) is 0 Å².